The number of aryl methyl sites for hydroxylation is 2. The number of nitrogens with zero attached hydrogens (tertiary/aromatic N) is 1. The average molecular weight is 199 g/mol. The lowest BCUT2D eigenvalue weighted by atomic mass is 9.95. The first-order chi connectivity index (χ1) is 7.09. The molecule has 0 bridgehead atoms. The molecule has 0 amide bonds. The van der Waals surface area contributed by atoms with Crippen molar-refractivity contribution in [2.45, 2.75) is 33.6 Å². The summed E-state index contributed by atoms with van der Waals surface area (Å²) in [5, 5.41) is 1.25. The van der Waals surface area contributed by atoms with E-state index in [4.69, 9.17) is 0 Å². The Hall–Kier alpha value is -1.37. The summed E-state index contributed by atoms with van der Waals surface area (Å²) >= 11 is 0. The third-order valence-corrected chi connectivity index (χ3v) is 2.84. The summed E-state index contributed by atoms with van der Waals surface area (Å²) in [4.78, 5) is 4.66. The minimum Gasteiger partial charge on any atom is -0.253 e. The Labute approximate surface area is 91.2 Å². The van der Waals surface area contributed by atoms with Gasteiger partial charge in [0, 0.05) is 11.1 Å². The maximum atomic E-state index is 4.66. The summed E-state index contributed by atoms with van der Waals surface area (Å²) < 4.78 is 0. The molecule has 0 aliphatic rings. The highest BCUT2D eigenvalue weighted by atomic mass is 14.7. The van der Waals surface area contributed by atoms with Crippen LogP contribution in [0.4, 0.5) is 0 Å². The van der Waals surface area contributed by atoms with Gasteiger partial charge in [0.1, 0.15) is 0 Å². The highest BCUT2D eigenvalue weighted by Gasteiger charge is 2.09. The minimum atomic E-state index is 0.531. The van der Waals surface area contributed by atoms with E-state index in [-0.39, 0.29) is 0 Å². The van der Waals surface area contributed by atoms with Gasteiger partial charge in [0.05, 0.1) is 5.52 Å². The van der Waals surface area contributed by atoms with Crippen molar-refractivity contribution in [3.8, 4) is 0 Å². The van der Waals surface area contributed by atoms with Gasteiger partial charge in [-0.3, -0.25) is 4.98 Å². The molecule has 15 heavy (non-hydrogen) atoms. The van der Waals surface area contributed by atoms with Gasteiger partial charge in [-0.2, -0.15) is 0 Å². The van der Waals surface area contributed by atoms with E-state index >= 15 is 0 Å². The topological polar surface area (TPSA) is 12.9 Å². The Bertz CT molecular complexity index is 493. The van der Waals surface area contributed by atoms with Gasteiger partial charge >= 0.3 is 0 Å². The normalized spacial score (nSPS) is 11.3. The second-order valence-electron chi connectivity index (χ2n) is 4.48. The van der Waals surface area contributed by atoms with E-state index in [1.54, 1.807) is 0 Å². The van der Waals surface area contributed by atoms with E-state index in [0.717, 1.165) is 5.69 Å². The molecule has 0 unspecified atom stereocenters. The zero-order chi connectivity index (χ0) is 11.0. The van der Waals surface area contributed by atoms with Crippen LogP contribution in [-0.2, 0) is 0 Å². The van der Waals surface area contributed by atoms with E-state index in [2.05, 4.69) is 50.0 Å². The molecule has 1 aromatic heterocycles. The van der Waals surface area contributed by atoms with Crippen LogP contribution in [0, 0.1) is 13.8 Å². The molecule has 1 aromatic carbocycles. The predicted octanol–water partition coefficient (Wildman–Crippen LogP) is 3.98. The van der Waals surface area contributed by atoms with Gasteiger partial charge in [-0.05, 0) is 37.0 Å². The van der Waals surface area contributed by atoms with Crippen molar-refractivity contribution in [2.24, 2.45) is 0 Å². The molecule has 0 radical (unpaired) electrons. The van der Waals surface area contributed by atoms with Crippen LogP contribution in [0.1, 0.15) is 36.6 Å². The van der Waals surface area contributed by atoms with Crippen LogP contribution >= 0.6 is 0 Å². The van der Waals surface area contributed by atoms with Crippen molar-refractivity contribution < 1.29 is 0 Å². The van der Waals surface area contributed by atoms with E-state index < -0.39 is 0 Å². The van der Waals surface area contributed by atoms with Gasteiger partial charge in [0.15, 0.2) is 0 Å². The van der Waals surface area contributed by atoms with Crippen LogP contribution in [0.5, 0.6) is 0 Å². The molecule has 2 rings (SSSR count). The van der Waals surface area contributed by atoms with Gasteiger partial charge in [-0.1, -0.05) is 32.0 Å². The third kappa shape index (κ3) is 1.74. The predicted molar refractivity (Wildman–Crippen MR) is 65.3 cm³/mol. The van der Waals surface area contributed by atoms with Crippen LogP contribution in [0.3, 0.4) is 0 Å². The Kier molecular flexibility index (Phi) is 2.47. The number of rotatable bonds is 1. The fraction of sp³-hybridized carbons (Fsp3) is 0.357. The zero-order valence-electron chi connectivity index (χ0n) is 9.83. The molecule has 1 heteroatoms. The lowest BCUT2D eigenvalue weighted by molar-refractivity contribution is 0.862. The van der Waals surface area contributed by atoms with Gasteiger partial charge in [-0.25, -0.2) is 0 Å². The Morgan fingerprint density at radius 1 is 1.00 bits per heavy atom. The Morgan fingerprint density at radius 2 is 1.67 bits per heavy atom. The minimum absolute atomic E-state index is 0.531. The first-order valence-corrected chi connectivity index (χ1v) is 5.46. The quantitative estimate of drug-likeness (QED) is 0.677. The lowest BCUT2D eigenvalue weighted by Gasteiger charge is -2.13. The number of aromatic nitrogens is 1. The molecule has 0 saturated heterocycles. The van der Waals surface area contributed by atoms with Gasteiger partial charge < -0.3 is 0 Å². The summed E-state index contributed by atoms with van der Waals surface area (Å²) in [7, 11) is 0. The molecule has 0 N–H and O–H groups in total. The van der Waals surface area contributed by atoms with Crippen LogP contribution in [0.25, 0.3) is 10.9 Å². The molecule has 2 aromatic rings. The molecule has 0 aliphatic carbocycles. The first-order valence-electron chi connectivity index (χ1n) is 5.46. The fourth-order valence-electron chi connectivity index (χ4n) is 2.14. The molecule has 0 spiro atoms. The van der Waals surface area contributed by atoms with Crippen molar-refractivity contribution in [3.63, 3.8) is 0 Å². The number of hydrogen-bond acceptors (Lipinski definition) is 1. The second-order valence-corrected chi connectivity index (χ2v) is 4.48. The van der Waals surface area contributed by atoms with Crippen LogP contribution in [-0.4, -0.2) is 4.98 Å². The molecular weight excluding hydrogens is 182 g/mol. The summed E-state index contributed by atoms with van der Waals surface area (Å²) in [6.45, 7) is 8.67. The SMILES string of the molecule is Cc1ccc2ccc(C)c(C(C)C)c2n1. The van der Waals surface area contributed by atoms with E-state index in [1.165, 1.54) is 22.0 Å². The molecule has 78 valence electrons. The summed E-state index contributed by atoms with van der Waals surface area (Å²) in [5.41, 5.74) is 4.99. The van der Waals surface area contributed by atoms with Crippen molar-refractivity contribution in [3.05, 3.63) is 41.1 Å². The van der Waals surface area contributed by atoms with E-state index in [0.29, 0.717) is 5.92 Å². The molecule has 1 nitrogen and oxygen atoms in total. The van der Waals surface area contributed by atoms with Gasteiger partial charge in [0.25, 0.3) is 0 Å². The number of pyridine rings is 1. The fourth-order valence-corrected chi connectivity index (χ4v) is 2.14. The van der Waals surface area contributed by atoms with Crippen molar-refractivity contribution in [1.29, 1.82) is 0 Å². The monoisotopic (exact) mass is 199 g/mol. The third-order valence-electron chi connectivity index (χ3n) is 2.84. The van der Waals surface area contributed by atoms with Gasteiger partial charge in [-0.15, -0.1) is 0 Å². The number of hydrogen-bond donors (Lipinski definition) is 0. The zero-order valence-corrected chi connectivity index (χ0v) is 9.83. The average Bonchev–Trinajstić information content (AvgIpc) is 2.16. The molecule has 0 aliphatic heterocycles. The van der Waals surface area contributed by atoms with Crippen LogP contribution in [0.2, 0.25) is 0 Å². The molecule has 0 fully saturated rings. The lowest BCUT2D eigenvalue weighted by Crippen LogP contribution is -1.96. The second kappa shape index (κ2) is 3.65. The van der Waals surface area contributed by atoms with Crippen molar-refractivity contribution in [1.82, 2.24) is 4.98 Å². The number of fused-ring (bicyclic) bond motifs is 1. The van der Waals surface area contributed by atoms with Gasteiger partial charge in [0.2, 0.25) is 0 Å². The molecule has 0 atom stereocenters. The summed E-state index contributed by atoms with van der Waals surface area (Å²) in [6, 6.07) is 8.57. The summed E-state index contributed by atoms with van der Waals surface area (Å²) in [6.07, 6.45) is 0. The molecular formula is C14H17N. The number of benzene rings is 1. The first kappa shape index (κ1) is 10.2. The van der Waals surface area contributed by atoms with Crippen molar-refractivity contribution >= 4 is 10.9 Å². The Morgan fingerprint density at radius 3 is 2.33 bits per heavy atom. The molecule has 1 heterocycles. The van der Waals surface area contributed by atoms with Crippen LogP contribution in [0.15, 0.2) is 24.3 Å². The van der Waals surface area contributed by atoms with E-state index in [9.17, 15) is 0 Å². The van der Waals surface area contributed by atoms with E-state index in [1.807, 2.05) is 6.92 Å². The highest BCUT2D eigenvalue weighted by molar-refractivity contribution is 5.83. The maximum absolute atomic E-state index is 4.66. The maximum Gasteiger partial charge on any atom is 0.0742 e. The summed E-state index contributed by atoms with van der Waals surface area (Å²) in [5.74, 6) is 0.531. The van der Waals surface area contributed by atoms with Crippen molar-refractivity contribution in [2.75, 3.05) is 0 Å². The van der Waals surface area contributed by atoms with Crippen LogP contribution < -0.4 is 0 Å². The smallest absolute Gasteiger partial charge is 0.0742 e. The standard InChI is InChI=1S/C14H17N/c1-9(2)13-10(3)5-7-12-8-6-11(4)15-14(12)13/h5-9H,1-4H3. The Balaban J connectivity index is 2.84. The highest BCUT2D eigenvalue weighted by Crippen LogP contribution is 2.27. The largest absolute Gasteiger partial charge is 0.253 e. The molecule has 0 saturated carbocycles.